The zero-order chi connectivity index (χ0) is 17.6. The van der Waals surface area contributed by atoms with E-state index in [9.17, 15) is 17.6 Å². The van der Waals surface area contributed by atoms with Gasteiger partial charge in [-0.15, -0.1) is 0 Å². The second kappa shape index (κ2) is 8.23. The second-order valence-corrected chi connectivity index (χ2v) is 6.80. The molecule has 0 radical (unpaired) electrons. The first-order valence-corrected chi connectivity index (χ1v) is 8.33. The number of halogens is 1. The van der Waals surface area contributed by atoms with E-state index in [-0.39, 0.29) is 19.0 Å². The Kier molecular flexibility index (Phi) is 6.92. The molecule has 0 saturated carbocycles. The molecule has 0 aromatic heterocycles. The molecule has 0 heterocycles. The topological polar surface area (TPSA) is 102 Å². The number of nitrogens with one attached hydrogen (secondary N) is 1. The Hall–Kier alpha value is -1.71. The Balaban J connectivity index is 3.15. The zero-order valence-electron chi connectivity index (χ0n) is 13.1. The van der Waals surface area contributed by atoms with Crippen molar-refractivity contribution in [1.29, 1.82) is 0 Å². The maximum atomic E-state index is 13.4. The lowest BCUT2D eigenvalue weighted by Crippen LogP contribution is -2.44. The van der Waals surface area contributed by atoms with Crippen LogP contribution in [0.25, 0.3) is 0 Å². The Morgan fingerprint density at radius 3 is 2.52 bits per heavy atom. The van der Waals surface area contributed by atoms with E-state index in [0.29, 0.717) is 0 Å². The summed E-state index contributed by atoms with van der Waals surface area (Å²) in [5, 5.41) is 9.10. The summed E-state index contributed by atoms with van der Waals surface area (Å²) >= 11 is 0. The van der Waals surface area contributed by atoms with Crippen LogP contribution in [0.4, 0.5) is 4.39 Å². The minimum Gasteiger partial charge on any atom is -0.490 e. The van der Waals surface area contributed by atoms with Crippen molar-refractivity contribution in [2.45, 2.75) is 24.8 Å². The first-order chi connectivity index (χ1) is 10.7. The molecule has 0 saturated heterocycles. The highest BCUT2D eigenvalue weighted by atomic mass is 32.2. The number of sulfonamides is 1. The summed E-state index contributed by atoms with van der Waals surface area (Å²) in [6, 6.07) is 1.67. The average molecular weight is 349 g/mol. The predicted octanol–water partition coefficient (Wildman–Crippen LogP) is 1.24. The molecule has 7 nitrogen and oxygen atoms in total. The van der Waals surface area contributed by atoms with E-state index in [4.69, 9.17) is 14.6 Å². The van der Waals surface area contributed by atoms with Crippen molar-refractivity contribution in [3.05, 3.63) is 24.0 Å². The number of rotatable bonds is 9. The number of aliphatic carboxylic acids is 1. The average Bonchev–Trinajstić information content (AvgIpc) is 2.46. The van der Waals surface area contributed by atoms with Gasteiger partial charge in [0.1, 0.15) is 29.1 Å². The maximum absolute atomic E-state index is 13.4. The Labute approximate surface area is 134 Å². The quantitative estimate of drug-likeness (QED) is 0.650. The van der Waals surface area contributed by atoms with Gasteiger partial charge in [0.05, 0.1) is 6.61 Å². The number of ether oxygens (including phenoxy) is 2. The smallest absolute Gasteiger partial charge is 0.322 e. The van der Waals surface area contributed by atoms with E-state index in [2.05, 4.69) is 4.72 Å². The van der Waals surface area contributed by atoms with Gasteiger partial charge in [0.15, 0.2) is 0 Å². The van der Waals surface area contributed by atoms with Gasteiger partial charge in [-0.05, 0) is 24.1 Å². The SMILES string of the molecule is COCCOc1ccc(F)cc1S(=O)(=O)NC(C(=O)O)C(C)C. The Morgan fingerprint density at radius 1 is 1.35 bits per heavy atom. The molecule has 9 heteroatoms. The van der Waals surface area contributed by atoms with Crippen molar-refractivity contribution in [2.75, 3.05) is 20.3 Å². The number of methoxy groups -OCH3 is 1. The van der Waals surface area contributed by atoms with Crippen molar-refractivity contribution < 1.29 is 32.2 Å². The van der Waals surface area contributed by atoms with Gasteiger partial charge in [-0.2, -0.15) is 4.72 Å². The fraction of sp³-hybridized carbons (Fsp3) is 0.500. The second-order valence-electron chi connectivity index (χ2n) is 5.11. The minimum atomic E-state index is -4.28. The minimum absolute atomic E-state index is 0.0667. The molecule has 1 unspecified atom stereocenters. The molecular weight excluding hydrogens is 329 g/mol. The highest BCUT2D eigenvalue weighted by molar-refractivity contribution is 7.89. The van der Waals surface area contributed by atoms with Gasteiger partial charge in [0.2, 0.25) is 10.0 Å². The molecular formula is C14H20FNO6S. The summed E-state index contributed by atoms with van der Waals surface area (Å²) in [7, 11) is -2.82. The van der Waals surface area contributed by atoms with Crippen molar-refractivity contribution >= 4 is 16.0 Å². The van der Waals surface area contributed by atoms with Crippen LogP contribution in [0.2, 0.25) is 0 Å². The third kappa shape index (κ3) is 5.45. The molecule has 1 atom stereocenters. The van der Waals surface area contributed by atoms with E-state index in [1.54, 1.807) is 13.8 Å². The van der Waals surface area contributed by atoms with Crippen molar-refractivity contribution in [1.82, 2.24) is 4.72 Å². The van der Waals surface area contributed by atoms with Crippen LogP contribution >= 0.6 is 0 Å². The summed E-state index contributed by atoms with van der Waals surface area (Å²) in [6.45, 7) is 3.40. The van der Waals surface area contributed by atoms with Gasteiger partial charge < -0.3 is 14.6 Å². The highest BCUT2D eigenvalue weighted by Crippen LogP contribution is 2.25. The van der Waals surface area contributed by atoms with E-state index < -0.39 is 38.7 Å². The van der Waals surface area contributed by atoms with Crippen LogP contribution in [0.3, 0.4) is 0 Å². The van der Waals surface area contributed by atoms with Crippen LogP contribution in [0.1, 0.15) is 13.8 Å². The number of carboxylic acid groups (broad SMARTS) is 1. The van der Waals surface area contributed by atoms with Gasteiger partial charge in [-0.3, -0.25) is 4.79 Å². The first kappa shape index (κ1) is 19.3. The molecule has 0 aliphatic carbocycles. The highest BCUT2D eigenvalue weighted by Gasteiger charge is 2.30. The summed E-state index contributed by atoms with van der Waals surface area (Å²) in [4.78, 5) is 10.7. The molecule has 1 aromatic carbocycles. The molecule has 1 rings (SSSR count). The van der Waals surface area contributed by atoms with Crippen LogP contribution in [-0.4, -0.2) is 45.9 Å². The van der Waals surface area contributed by atoms with E-state index >= 15 is 0 Å². The van der Waals surface area contributed by atoms with E-state index in [0.717, 1.165) is 12.1 Å². The normalized spacial score (nSPS) is 13.1. The Morgan fingerprint density at radius 2 is 2.00 bits per heavy atom. The van der Waals surface area contributed by atoms with Crippen LogP contribution in [-0.2, 0) is 19.6 Å². The molecule has 0 aliphatic rings. The largest absolute Gasteiger partial charge is 0.490 e. The van der Waals surface area contributed by atoms with Crippen LogP contribution in [0.15, 0.2) is 23.1 Å². The number of carbonyl (C=O) groups is 1. The van der Waals surface area contributed by atoms with Gasteiger partial charge in [-0.25, -0.2) is 12.8 Å². The molecule has 0 spiro atoms. The molecule has 130 valence electrons. The molecule has 0 amide bonds. The van der Waals surface area contributed by atoms with Gasteiger partial charge in [-0.1, -0.05) is 13.8 Å². The van der Waals surface area contributed by atoms with E-state index in [1.807, 2.05) is 0 Å². The fourth-order valence-corrected chi connectivity index (χ4v) is 3.24. The third-order valence-electron chi connectivity index (χ3n) is 2.96. The van der Waals surface area contributed by atoms with Gasteiger partial charge in [0, 0.05) is 7.11 Å². The van der Waals surface area contributed by atoms with Gasteiger partial charge in [0.25, 0.3) is 0 Å². The molecule has 0 bridgehead atoms. The summed E-state index contributed by atoms with van der Waals surface area (Å²) < 4.78 is 50.4. The van der Waals surface area contributed by atoms with Crippen LogP contribution < -0.4 is 9.46 Å². The summed E-state index contributed by atoms with van der Waals surface area (Å²) in [5.74, 6) is -2.67. The number of hydrogen-bond donors (Lipinski definition) is 2. The Bertz CT molecular complexity index is 647. The van der Waals surface area contributed by atoms with Crippen molar-refractivity contribution in [3.63, 3.8) is 0 Å². The number of hydrogen-bond acceptors (Lipinski definition) is 5. The molecule has 2 N–H and O–H groups in total. The maximum Gasteiger partial charge on any atom is 0.322 e. The number of carboxylic acids is 1. The standard InChI is InChI=1S/C14H20FNO6S/c1-9(2)13(14(17)18)16-23(19,20)12-8-10(15)4-5-11(12)22-7-6-21-3/h4-5,8-9,13,16H,6-7H2,1-3H3,(H,17,18). The van der Waals surface area contributed by atoms with Gasteiger partial charge >= 0.3 is 5.97 Å². The summed E-state index contributed by atoms with van der Waals surface area (Å²) in [6.07, 6.45) is 0. The fourth-order valence-electron chi connectivity index (χ4n) is 1.75. The van der Waals surface area contributed by atoms with Crippen LogP contribution in [0.5, 0.6) is 5.75 Å². The van der Waals surface area contributed by atoms with E-state index in [1.165, 1.54) is 13.2 Å². The lowest BCUT2D eigenvalue weighted by atomic mass is 10.1. The predicted molar refractivity (Wildman–Crippen MR) is 80.4 cm³/mol. The first-order valence-electron chi connectivity index (χ1n) is 6.85. The zero-order valence-corrected chi connectivity index (χ0v) is 13.9. The lowest BCUT2D eigenvalue weighted by Gasteiger charge is -2.19. The van der Waals surface area contributed by atoms with Crippen molar-refractivity contribution in [3.8, 4) is 5.75 Å². The molecule has 0 aliphatic heterocycles. The monoisotopic (exact) mass is 349 g/mol. The van der Waals surface area contributed by atoms with Crippen molar-refractivity contribution in [2.24, 2.45) is 5.92 Å². The molecule has 0 fully saturated rings. The summed E-state index contributed by atoms with van der Waals surface area (Å²) in [5.41, 5.74) is 0. The molecule has 23 heavy (non-hydrogen) atoms. The van der Waals surface area contributed by atoms with Crippen LogP contribution in [0, 0.1) is 11.7 Å². The lowest BCUT2D eigenvalue weighted by molar-refractivity contribution is -0.140. The molecule has 1 aromatic rings. The number of benzene rings is 1. The third-order valence-corrected chi connectivity index (χ3v) is 4.42.